The Hall–Kier alpha value is -2.67. The van der Waals surface area contributed by atoms with E-state index in [1.165, 1.54) is 51.4 Å². The van der Waals surface area contributed by atoms with Crippen LogP contribution in [0.25, 0.3) is 0 Å². The zero-order valence-electron chi connectivity index (χ0n) is 20.9. The summed E-state index contributed by atoms with van der Waals surface area (Å²) in [5.41, 5.74) is 0. The average molecular weight is 465 g/mol. The van der Waals surface area contributed by atoms with Crippen LogP contribution in [0.1, 0.15) is 109 Å². The number of carboxylic acid groups (broad SMARTS) is 1. The summed E-state index contributed by atoms with van der Waals surface area (Å²) in [6, 6.07) is 0. The van der Waals surface area contributed by atoms with Gasteiger partial charge in [-0.05, 0) is 57.1 Å². The first-order chi connectivity index (χ1) is 16.7. The predicted octanol–water partition coefficient (Wildman–Crippen LogP) is 7.37. The maximum Gasteiger partial charge on any atom is 0.382 e. The first kappa shape index (κ1) is 31.3. The number of terminal acetylenes is 1. The van der Waals surface area contributed by atoms with E-state index in [-0.39, 0.29) is 0 Å². The number of aliphatic hydroxyl groups is 1. The molecular formula is C31H44O3. The molecule has 0 aliphatic carbocycles. The maximum absolute atomic E-state index is 10.2. The van der Waals surface area contributed by atoms with Crippen molar-refractivity contribution >= 4 is 5.97 Å². The number of carboxylic acids is 1. The molecule has 0 aromatic heterocycles. The molecule has 34 heavy (non-hydrogen) atoms. The summed E-state index contributed by atoms with van der Waals surface area (Å²) in [6.07, 6.45) is 35.9. The summed E-state index contributed by atoms with van der Waals surface area (Å²) in [4.78, 5) is 10.2. The summed E-state index contributed by atoms with van der Waals surface area (Å²) in [6.45, 7) is 0. The van der Waals surface area contributed by atoms with Crippen LogP contribution in [0.15, 0.2) is 36.5 Å². The van der Waals surface area contributed by atoms with E-state index in [1.54, 1.807) is 12.2 Å². The van der Waals surface area contributed by atoms with E-state index in [1.807, 2.05) is 12.2 Å². The molecule has 0 saturated heterocycles. The molecule has 2 N–H and O–H groups in total. The number of hydrogen-bond acceptors (Lipinski definition) is 2. The van der Waals surface area contributed by atoms with Crippen molar-refractivity contribution in [3.63, 3.8) is 0 Å². The van der Waals surface area contributed by atoms with Crippen LogP contribution in [0.4, 0.5) is 0 Å². The number of allylic oxidation sites excluding steroid dienone is 5. The zero-order chi connectivity index (χ0) is 25.0. The van der Waals surface area contributed by atoms with Crippen molar-refractivity contribution in [2.75, 3.05) is 0 Å². The molecule has 0 rings (SSSR count). The molecule has 0 bridgehead atoms. The first-order valence-corrected chi connectivity index (χ1v) is 13.0. The van der Waals surface area contributed by atoms with Crippen molar-refractivity contribution in [2.45, 2.75) is 115 Å². The normalized spacial score (nSPS) is 11.8. The molecule has 0 aromatic carbocycles. The minimum absolute atomic E-state index is 0.748. The third kappa shape index (κ3) is 27.4. The van der Waals surface area contributed by atoms with Gasteiger partial charge in [-0.1, -0.05) is 93.4 Å². The number of aliphatic carboxylic acids is 1. The molecule has 1 atom stereocenters. The lowest BCUT2D eigenvalue weighted by molar-refractivity contribution is -0.130. The van der Waals surface area contributed by atoms with Gasteiger partial charge in [-0.15, -0.1) is 12.3 Å². The van der Waals surface area contributed by atoms with E-state index >= 15 is 0 Å². The molecule has 0 aliphatic rings. The van der Waals surface area contributed by atoms with Gasteiger partial charge in [0.2, 0.25) is 0 Å². The lowest BCUT2D eigenvalue weighted by atomic mass is 10.1. The van der Waals surface area contributed by atoms with Gasteiger partial charge in [0, 0.05) is 18.8 Å². The third-order valence-electron chi connectivity index (χ3n) is 5.30. The van der Waals surface area contributed by atoms with Crippen molar-refractivity contribution in [3.8, 4) is 36.0 Å². The predicted molar refractivity (Wildman–Crippen MR) is 144 cm³/mol. The largest absolute Gasteiger partial charge is 0.472 e. The average Bonchev–Trinajstić information content (AvgIpc) is 2.83. The standard InChI is InChI=1S/C31H44O3/c1-2-30(32)28-26-24-22-20-18-16-14-12-10-8-6-4-3-5-7-9-11-13-15-17-19-21-23-25-27-29-31(33)34/h1,6,8,23,25-26,28,30,32H,3-5,7,9-11,13,15-22,24H2,(H,33,34)/b8-6+,25-23+,28-26+. The smallest absolute Gasteiger partial charge is 0.382 e. The number of carbonyl (C=O) groups is 1. The Morgan fingerprint density at radius 1 is 0.735 bits per heavy atom. The Balaban J connectivity index is 3.32. The van der Waals surface area contributed by atoms with Crippen molar-refractivity contribution in [1.82, 2.24) is 0 Å². The van der Waals surface area contributed by atoms with Gasteiger partial charge in [0.1, 0.15) is 6.10 Å². The SMILES string of the molecule is C#CC(O)/C=C/CCCCCC#CC/C=C/CCCCCCCCCCC/C=C/C#CC(=O)O. The summed E-state index contributed by atoms with van der Waals surface area (Å²) in [7, 11) is 0. The van der Waals surface area contributed by atoms with Crippen molar-refractivity contribution < 1.29 is 15.0 Å². The fourth-order valence-electron chi connectivity index (χ4n) is 3.36. The second-order valence-electron chi connectivity index (χ2n) is 8.40. The van der Waals surface area contributed by atoms with Crippen molar-refractivity contribution in [2.24, 2.45) is 0 Å². The highest BCUT2D eigenvalue weighted by Crippen LogP contribution is 2.11. The molecule has 0 aromatic rings. The summed E-state index contributed by atoms with van der Waals surface area (Å²) in [5, 5.41) is 17.6. The number of aliphatic hydroxyl groups excluding tert-OH is 1. The molecule has 0 amide bonds. The van der Waals surface area contributed by atoms with Crippen LogP contribution in [-0.2, 0) is 4.79 Å². The fourth-order valence-corrected chi connectivity index (χ4v) is 3.36. The third-order valence-corrected chi connectivity index (χ3v) is 5.30. The van der Waals surface area contributed by atoms with Gasteiger partial charge in [-0.25, -0.2) is 4.79 Å². The molecule has 3 nitrogen and oxygen atoms in total. The van der Waals surface area contributed by atoms with E-state index < -0.39 is 12.1 Å². The lowest BCUT2D eigenvalue weighted by Gasteiger charge is -2.01. The number of unbranched alkanes of at least 4 members (excludes halogenated alkanes) is 14. The molecule has 0 spiro atoms. The summed E-state index contributed by atoms with van der Waals surface area (Å²) < 4.78 is 0. The molecule has 3 heteroatoms. The Morgan fingerprint density at radius 2 is 1.29 bits per heavy atom. The van der Waals surface area contributed by atoms with Crippen LogP contribution in [-0.4, -0.2) is 22.3 Å². The van der Waals surface area contributed by atoms with Gasteiger partial charge in [0.05, 0.1) is 0 Å². The molecule has 186 valence electrons. The van der Waals surface area contributed by atoms with Crippen LogP contribution < -0.4 is 0 Å². The Kier molecular flexibility index (Phi) is 24.5. The quantitative estimate of drug-likeness (QED) is 0.119. The second-order valence-corrected chi connectivity index (χ2v) is 8.40. The fraction of sp³-hybridized carbons (Fsp3) is 0.581. The van der Waals surface area contributed by atoms with E-state index in [0.717, 1.165) is 57.8 Å². The van der Waals surface area contributed by atoms with Gasteiger partial charge in [-0.3, -0.25) is 0 Å². The highest BCUT2D eigenvalue weighted by Gasteiger charge is 1.92. The van der Waals surface area contributed by atoms with E-state index in [4.69, 9.17) is 11.5 Å². The number of hydrogen-bond donors (Lipinski definition) is 2. The van der Waals surface area contributed by atoms with Gasteiger partial charge < -0.3 is 10.2 Å². The highest BCUT2D eigenvalue weighted by atomic mass is 16.4. The minimum Gasteiger partial charge on any atom is -0.472 e. The van der Waals surface area contributed by atoms with Crippen molar-refractivity contribution in [3.05, 3.63) is 36.5 Å². The lowest BCUT2D eigenvalue weighted by Crippen LogP contribution is -1.95. The van der Waals surface area contributed by atoms with E-state index in [0.29, 0.717) is 0 Å². The number of rotatable bonds is 19. The summed E-state index contributed by atoms with van der Waals surface area (Å²) >= 11 is 0. The Bertz CT molecular complexity index is 744. The topological polar surface area (TPSA) is 57.5 Å². The first-order valence-electron chi connectivity index (χ1n) is 13.0. The molecule has 0 fully saturated rings. The van der Waals surface area contributed by atoms with E-state index in [2.05, 4.69) is 41.8 Å². The van der Waals surface area contributed by atoms with Gasteiger partial charge in [0.25, 0.3) is 0 Å². The van der Waals surface area contributed by atoms with Crippen LogP contribution in [0.3, 0.4) is 0 Å². The van der Waals surface area contributed by atoms with Crippen molar-refractivity contribution in [1.29, 1.82) is 0 Å². The van der Waals surface area contributed by atoms with Gasteiger partial charge in [0.15, 0.2) is 0 Å². The molecule has 0 heterocycles. The van der Waals surface area contributed by atoms with Crippen LogP contribution in [0.2, 0.25) is 0 Å². The highest BCUT2D eigenvalue weighted by molar-refractivity contribution is 5.86. The second kappa shape index (κ2) is 26.6. The minimum atomic E-state index is -1.08. The monoisotopic (exact) mass is 464 g/mol. The van der Waals surface area contributed by atoms with E-state index in [9.17, 15) is 9.90 Å². The Labute approximate surface area is 208 Å². The Morgan fingerprint density at radius 3 is 1.91 bits per heavy atom. The van der Waals surface area contributed by atoms with Crippen LogP contribution in [0, 0.1) is 36.0 Å². The molecule has 0 aliphatic heterocycles. The van der Waals surface area contributed by atoms with Gasteiger partial charge in [-0.2, -0.15) is 0 Å². The maximum atomic E-state index is 10.2. The zero-order valence-corrected chi connectivity index (χ0v) is 20.9. The van der Waals surface area contributed by atoms with Crippen LogP contribution in [0.5, 0.6) is 0 Å². The van der Waals surface area contributed by atoms with Gasteiger partial charge >= 0.3 is 5.97 Å². The molecule has 1 unspecified atom stereocenters. The molecule has 0 saturated carbocycles. The van der Waals surface area contributed by atoms with Crippen LogP contribution >= 0.6 is 0 Å². The summed E-state index contributed by atoms with van der Waals surface area (Å²) in [5.74, 6) is 12.2. The molecular weight excluding hydrogens is 420 g/mol. The molecule has 0 radical (unpaired) electrons.